The van der Waals surface area contributed by atoms with E-state index in [0.717, 1.165) is 22.6 Å². The number of anilines is 1. The van der Waals surface area contributed by atoms with Gasteiger partial charge >= 0.3 is 5.97 Å². The van der Waals surface area contributed by atoms with Gasteiger partial charge in [0.15, 0.2) is 0 Å². The number of carbonyl (C=O) groups is 2. The molecule has 1 atom stereocenters. The molecule has 178 valence electrons. The van der Waals surface area contributed by atoms with Gasteiger partial charge in [-0.2, -0.15) is 0 Å². The molecule has 7 nitrogen and oxygen atoms in total. The molecule has 0 heterocycles. The summed E-state index contributed by atoms with van der Waals surface area (Å²) in [4.78, 5) is 24.1. The van der Waals surface area contributed by atoms with Crippen LogP contribution in [0.5, 0.6) is 5.75 Å². The molecular formula is C25H32ClN3O4. The second-order valence-electron chi connectivity index (χ2n) is 7.98. The van der Waals surface area contributed by atoms with E-state index in [1.807, 2.05) is 63.2 Å². The van der Waals surface area contributed by atoms with E-state index in [4.69, 9.17) is 21.1 Å². The number of rotatable bonds is 11. The number of hydrogen-bond donors (Lipinski definition) is 3. The molecule has 0 aromatic heterocycles. The van der Waals surface area contributed by atoms with Gasteiger partial charge in [-0.15, -0.1) is 0 Å². The van der Waals surface area contributed by atoms with Crippen molar-refractivity contribution >= 4 is 29.2 Å². The molecule has 3 N–H and O–H groups in total. The molecule has 0 unspecified atom stereocenters. The number of nitrogens with one attached hydrogen (secondary N) is 3. The highest BCUT2D eigenvalue weighted by atomic mass is 35.5. The number of esters is 1. The zero-order valence-electron chi connectivity index (χ0n) is 19.7. The zero-order chi connectivity index (χ0) is 24.4. The van der Waals surface area contributed by atoms with E-state index < -0.39 is 5.92 Å². The fourth-order valence-electron chi connectivity index (χ4n) is 2.92. The van der Waals surface area contributed by atoms with Crippen molar-refractivity contribution in [3.8, 4) is 5.75 Å². The largest absolute Gasteiger partial charge is 0.491 e. The standard InChI is InChI=1S/C25H32ClN3O4/c1-16(2)33-22-11-10-21(12-17(22)3)29-23(27-15-19-6-8-20(26)9-7-19)13-24(30)28-14-18(4)25(31)32-5/h6-13,16,18,27,29H,14-15H2,1-5H3,(H,28,30)/b23-13+/t18-/m0/s1. The van der Waals surface area contributed by atoms with Crippen LogP contribution in [-0.4, -0.2) is 31.6 Å². The summed E-state index contributed by atoms with van der Waals surface area (Å²) < 4.78 is 10.5. The minimum atomic E-state index is -0.443. The summed E-state index contributed by atoms with van der Waals surface area (Å²) in [7, 11) is 1.32. The van der Waals surface area contributed by atoms with Gasteiger partial charge in [0.2, 0.25) is 5.91 Å². The van der Waals surface area contributed by atoms with E-state index in [9.17, 15) is 9.59 Å². The zero-order valence-corrected chi connectivity index (χ0v) is 20.5. The van der Waals surface area contributed by atoms with Crippen molar-refractivity contribution in [3.05, 3.63) is 70.5 Å². The minimum absolute atomic E-state index is 0.0788. The Morgan fingerprint density at radius 1 is 1.06 bits per heavy atom. The molecule has 8 heteroatoms. The number of hydrogen-bond acceptors (Lipinski definition) is 6. The van der Waals surface area contributed by atoms with E-state index in [0.29, 0.717) is 17.4 Å². The first kappa shape index (κ1) is 26.1. The first-order valence-corrected chi connectivity index (χ1v) is 11.2. The van der Waals surface area contributed by atoms with Gasteiger partial charge in [-0.3, -0.25) is 9.59 Å². The molecule has 33 heavy (non-hydrogen) atoms. The van der Waals surface area contributed by atoms with Crippen LogP contribution >= 0.6 is 11.6 Å². The number of carbonyl (C=O) groups excluding carboxylic acids is 2. The Hall–Kier alpha value is -3.19. The Morgan fingerprint density at radius 2 is 1.76 bits per heavy atom. The van der Waals surface area contributed by atoms with Crippen molar-refractivity contribution in [1.82, 2.24) is 10.6 Å². The van der Waals surface area contributed by atoms with Gasteiger partial charge in [-0.1, -0.05) is 30.7 Å². The highest BCUT2D eigenvalue weighted by Gasteiger charge is 2.14. The highest BCUT2D eigenvalue weighted by Crippen LogP contribution is 2.23. The van der Waals surface area contributed by atoms with Crippen LogP contribution in [0.4, 0.5) is 5.69 Å². The molecule has 2 aromatic carbocycles. The van der Waals surface area contributed by atoms with Gasteiger partial charge in [0.25, 0.3) is 0 Å². The minimum Gasteiger partial charge on any atom is -0.491 e. The summed E-state index contributed by atoms with van der Waals surface area (Å²) in [5, 5.41) is 9.88. The number of benzene rings is 2. The lowest BCUT2D eigenvalue weighted by molar-refractivity contribution is -0.144. The van der Waals surface area contributed by atoms with Crippen molar-refractivity contribution in [1.29, 1.82) is 0 Å². The fourth-order valence-corrected chi connectivity index (χ4v) is 3.05. The maximum atomic E-state index is 12.5. The van der Waals surface area contributed by atoms with Crippen LogP contribution in [-0.2, 0) is 20.9 Å². The maximum Gasteiger partial charge on any atom is 0.310 e. The van der Waals surface area contributed by atoms with Crippen molar-refractivity contribution in [3.63, 3.8) is 0 Å². The normalized spacial score (nSPS) is 12.2. The molecule has 0 saturated carbocycles. The summed E-state index contributed by atoms with van der Waals surface area (Å²) in [6, 6.07) is 13.2. The number of aryl methyl sites for hydroxylation is 1. The van der Waals surface area contributed by atoms with Gasteiger partial charge < -0.3 is 25.4 Å². The average Bonchev–Trinajstić information content (AvgIpc) is 2.77. The van der Waals surface area contributed by atoms with Crippen LogP contribution < -0.4 is 20.7 Å². The third-order valence-electron chi connectivity index (χ3n) is 4.67. The van der Waals surface area contributed by atoms with Gasteiger partial charge in [0.05, 0.1) is 19.1 Å². The van der Waals surface area contributed by atoms with E-state index in [1.165, 1.54) is 13.2 Å². The lowest BCUT2D eigenvalue weighted by Gasteiger charge is -2.17. The van der Waals surface area contributed by atoms with Crippen LogP contribution in [0.1, 0.15) is 31.9 Å². The number of amides is 1. The third kappa shape index (κ3) is 9.06. The van der Waals surface area contributed by atoms with Gasteiger partial charge in [0.1, 0.15) is 11.6 Å². The highest BCUT2D eigenvalue weighted by molar-refractivity contribution is 6.30. The average molecular weight is 474 g/mol. The number of methoxy groups -OCH3 is 1. The molecule has 0 bridgehead atoms. The summed E-state index contributed by atoms with van der Waals surface area (Å²) in [6.07, 6.45) is 1.50. The molecule has 1 amide bonds. The second-order valence-corrected chi connectivity index (χ2v) is 8.42. The van der Waals surface area contributed by atoms with E-state index in [2.05, 4.69) is 16.0 Å². The monoisotopic (exact) mass is 473 g/mol. The summed E-state index contributed by atoms with van der Waals surface area (Å²) in [5.74, 6) is 0.155. The van der Waals surface area contributed by atoms with Crippen LogP contribution in [0.15, 0.2) is 54.4 Å². The van der Waals surface area contributed by atoms with Crippen LogP contribution in [0.3, 0.4) is 0 Å². The van der Waals surface area contributed by atoms with Gasteiger partial charge in [-0.05, 0) is 62.2 Å². The molecule has 0 radical (unpaired) electrons. The van der Waals surface area contributed by atoms with Crippen LogP contribution in [0, 0.1) is 12.8 Å². The molecule has 0 spiro atoms. The predicted molar refractivity (Wildman–Crippen MR) is 131 cm³/mol. The molecule has 2 rings (SSSR count). The quantitative estimate of drug-likeness (QED) is 0.331. The summed E-state index contributed by atoms with van der Waals surface area (Å²) in [5.41, 5.74) is 2.78. The number of halogens is 1. The Balaban J connectivity index is 2.14. The topological polar surface area (TPSA) is 88.7 Å². The third-order valence-corrected chi connectivity index (χ3v) is 4.93. The number of ether oxygens (including phenoxy) is 2. The van der Waals surface area contributed by atoms with Crippen molar-refractivity contribution in [2.45, 2.75) is 40.3 Å². The first-order valence-electron chi connectivity index (χ1n) is 10.8. The molecule has 0 saturated heterocycles. The molecular weight excluding hydrogens is 442 g/mol. The molecule has 2 aromatic rings. The molecule has 0 aliphatic rings. The van der Waals surface area contributed by atoms with E-state index in [1.54, 1.807) is 6.92 Å². The van der Waals surface area contributed by atoms with E-state index in [-0.39, 0.29) is 24.5 Å². The Kier molecular flexibility index (Phi) is 10.1. The fraction of sp³-hybridized carbons (Fsp3) is 0.360. The second kappa shape index (κ2) is 12.7. The van der Waals surface area contributed by atoms with Crippen molar-refractivity contribution in [2.75, 3.05) is 19.0 Å². The predicted octanol–water partition coefficient (Wildman–Crippen LogP) is 4.40. The van der Waals surface area contributed by atoms with Crippen LogP contribution in [0.25, 0.3) is 0 Å². The smallest absolute Gasteiger partial charge is 0.310 e. The van der Waals surface area contributed by atoms with Crippen molar-refractivity contribution in [2.24, 2.45) is 5.92 Å². The molecule has 0 fully saturated rings. The Morgan fingerprint density at radius 3 is 2.36 bits per heavy atom. The molecule has 0 aliphatic heterocycles. The van der Waals surface area contributed by atoms with E-state index >= 15 is 0 Å². The van der Waals surface area contributed by atoms with Gasteiger partial charge in [-0.25, -0.2) is 0 Å². The summed E-state index contributed by atoms with van der Waals surface area (Å²) >= 11 is 5.96. The lowest BCUT2D eigenvalue weighted by atomic mass is 10.2. The van der Waals surface area contributed by atoms with Crippen LogP contribution in [0.2, 0.25) is 5.02 Å². The Bertz CT molecular complexity index is 974. The van der Waals surface area contributed by atoms with Gasteiger partial charge in [0, 0.05) is 29.9 Å². The maximum absolute atomic E-state index is 12.5. The summed E-state index contributed by atoms with van der Waals surface area (Å²) in [6.45, 7) is 8.27. The SMILES string of the molecule is COC(=O)[C@@H](C)CNC(=O)/C=C(\NCc1ccc(Cl)cc1)Nc1ccc(OC(C)C)c(C)c1. The Labute approximate surface area is 200 Å². The first-order chi connectivity index (χ1) is 15.7. The van der Waals surface area contributed by atoms with Crippen molar-refractivity contribution < 1.29 is 19.1 Å². The lowest BCUT2D eigenvalue weighted by Crippen LogP contribution is -2.32. The molecule has 0 aliphatic carbocycles.